The van der Waals surface area contributed by atoms with Gasteiger partial charge in [0.1, 0.15) is 5.82 Å². The molecule has 0 spiro atoms. The number of carbonyl (C=O) groups is 5. The van der Waals surface area contributed by atoms with Crippen LogP contribution >= 0.6 is 11.6 Å². The maximum Gasteiger partial charge on any atom is 0.411 e. The monoisotopic (exact) mass is 456 g/mol. The van der Waals surface area contributed by atoms with Crippen LogP contribution in [0, 0.1) is 11.7 Å². The molecule has 3 atom stereocenters. The van der Waals surface area contributed by atoms with Gasteiger partial charge in [0, 0.05) is 19.0 Å². The molecule has 1 aliphatic rings. The number of likely N-dealkylation sites (N-methyl/N-ethyl adjacent to an activating group) is 1. The average Bonchev–Trinajstić information content (AvgIpc) is 3.05. The minimum atomic E-state index is -1.34. The van der Waals surface area contributed by atoms with Crippen molar-refractivity contribution in [2.75, 3.05) is 19.5 Å². The summed E-state index contributed by atoms with van der Waals surface area (Å²) < 4.78 is 18.3. The van der Waals surface area contributed by atoms with Gasteiger partial charge in [-0.1, -0.05) is 11.6 Å². The van der Waals surface area contributed by atoms with E-state index in [1.54, 1.807) is 6.92 Å². The Morgan fingerprint density at radius 3 is 2.55 bits per heavy atom. The number of hydrogen-bond donors (Lipinski definition) is 4. The molecule has 1 aromatic carbocycles. The van der Waals surface area contributed by atoms with Gasteiger partial charge >= 0.3 is 6.09 Å². The van der Waals surface area contributed by atoms with E-state index >= 15 is 0 Å². The van der Waals surface area contributed by atoms with Gasteiger partial charge in [0.05, 0.1) is 29.4 Å². The molecule has 168 valence electrons. The third-order valence-corrected chi connectivity index (χ3v) is 5.01. The molecule has 1 heterocycles. The van der Waals surface area contributed by atoms with Crippen molar-refractivity contribution >= 4 is 46.9 Å². The third-order valence-electron chi connectivity index (χ3n) is 4.72. The van der Waals surface area contributed by atoms with E-state index in [0.717, 1.165) is 19.2 Å². The lowest BCUT2D eigenvalue weighted by atomic mass is 9.93. The predicted octanol–water partition coefficient (Wildman–Crippen LogP) is 0.986. The predicted molar refractivity (Wildman–Crippen MR) is 108 cm³/mol. The zero-order chi connectivity index (χ0) is 23.3. The van der Waals surface area contributed by atoms with Gasteiger partial charge in [-0.15, -0.1) is 0 Å². The van der Waals surface area contributed by atoms with Crippen LogP contribution in [0.2, 0.25) is 5.02 Å². The third kappa shape index (κ3) is 5.91. The zero-order valence-electron chi connectivity index (χ0n) is 17.0. The van der Waals surface area contributed by atoms with Crippen LogP contribution in [0.1, 0.15) is 30.1 Å². The molecule has 2 rings (SSSR count). The smallest absolute Gasteiger partial charge is 0.411 e. The second-order valence-electron chi connectivity index (χ2n) is 6.98. The van der Waals surface area contributed by atoms with E-state index < -0.39 is 46.5 Å². The first-order valence-corrected chi connectivity index (χ1v) is 9.66. The van der Waals surface area contributed by atoms with Gasteiger partial charge in [0.2, 0.25) is 11.7 Å². The first kappa shape index (κ1) is 24.1. The largest absolute Gasteiger partial charge is 0.453 e. The van der Waals surface area contributed by atoms with Crippen LogP contribution in [-0.4, -0.2) is 55.8 Å². The van der Waals surface area contributed by atoms with Crippen molar-refractivity contribution < 1.29 is 33.1 Å². The zero-order valence-corrected chi connectivity index (χ0v) is 17.8. The lowest BCUT2D eigenvalue weighted by molar-refractivity contribution is -0.139. The second-order valence-corrected chi connectivity index (χ2v) is 7.38. The van der Waals surface area contributed by atoms with Gasteiger partial charge in [-0.05, 0) is 31.9 Å². The molecule has 10 nitrogen and oxygen atoms in total. The van der Waals surface area contributed by atoms with Crippen molar-refractivity contribution in [2.24, 2.45) is 5.92 Å². The van der Waals surface area contributed by atoms with Crippen molar-refractivity contribution in [1.82, 2.24) is 16.0 Å². The maximum atomic E-state index is 13.9. The number of halogens is 2. The number of anilines is 1. The fourth-order valence-corrected chi connectivity index (χ4v) is 3.35. The number of carbonyl (C=O) groups excluding carboxylic acids is 5. The van der Waals surface area contributed by atoms with Crippen LogP contribution in [0.4, 0.5) is 14.9 Å². The minimum absolute atomic E-state index is 0.115. The highest BCUT2D eigenvalue weighted by Crippen LogP contribution is 2.26. The molecular weight excluding hydrogens is 435 g/mol. The van der Waals surface area contributed by atoms with Crippen molar-refractivity contribution in [3.05, 3.63) is 28.5 Å². The molecule has 0 saturated carbocycles. The van der Waals surface area contributed by atoms with Crippen molar-refractivity contribution in [3.8, 4) is 0 Å². The van der Waals surface area contributed by atoms with Gasteiger partial charge in [-0.25, -0.2) is 9.18 Å². The number of nitrogens with one attached hydrogen (secondary N) is 4. The summed E-state index contributed by atoms with van der Waals surface area (Å²) in [7, 11) is 2.33. The molecular formula is C19H22ClFN4O6. The summed E-state index contributed by atoms with van der Waals surface area (Å²) in [6.45, 7) is 1.79. The van der Waals surface area contributed by atoms with Gasteiger partial charge < -0.3 is 20.7 Å². The Morgan fingerprint density at radius 1 is 1.32 bits per heavy atom. The van der Waals surface area contributed by atoms with Crippen molar-refractivity contribution in [2.45, 2.75) is 31.8 Å². The van der Waals surface area contributed by atoms with E-state index in [-0.39, 0.29) is 29.6 Å². The normalized spacial score (nSPS) is 18.5. The van der Waals surface area contributed by atoms with Crippen LogP contribution in [0.3, 0.4) is 0 Å². The Balaban J connectivity index is 2.33. The van der Waals surface area contributed by atoms with Gasteiger partial charge in [-0.2, -0.15) is 0 Å². The number of rotatable bonds is 7. The van der Waals surface area contributed by atoms with E-state index in [9.17, 15) is 28.4 Å². The highest BCUT2D eigenvalue weighted by atomic mass is 35.5. The quantitative estimate of drug-likeness (QED) is 0.450. The van der Waals surface area contributed by atoms with E-state index in [2.05, 4.69) is 26.0 Å². The molecule has 0 aromatic heterocycles. The molecule has 1 fully saturated rings. The van der Waals surface area contributed by atoms with Crippen LogP contribution in [-0.2, 0) is 19.1 Å². The highest BCUT2D eigenvalue weighted by molar-refractivity contribution is 6.38. The molecule has 1 aromatic rings. The molecule has 1 saturated heterocycles. The number of hydrogen-bond acceptors (Lipinski definition) is 6. The van der Waals surface area contributed by atoms with Crippen LogP contribution in [0.5, 0.6) is 0 Å². The molecule has 12 heteroatoms. The van der Waals surface area contributed by atoms with Crippen molar-refractivity contribution in [3.63, 3.8) is 0 Å². The summed E-state index contributed by atoms with van der Waals surface area (Å²) in [5, 5.41) is 9.05. The van der Waals surface area contributed by atoms with Crippen LogP contribution < -0.4 is 21.3 Å². The average molecular weight is 457 g/mol. The van der Waals surface area contributed by atoms with E-state index in [1.807, 2.05) is 0 Å². The lowest BCUT2D eigenvalue weighted by Crippen LogP contribution is -2.48. The number of amides is 4. The van der Waals surface area contributed by atoms with E-state index in [4.69, 9.17) is 11.6 Å². The Hall–Kier alpha value is -3.21. The van der Waals surface area contributed by atoms with Gasteiger partial charge in [0.15, 0.2) is 0 Å². The number of benzene rings is 1. The summed E-state index contributed by atoms with van der Waals surface area (Å²) in [6, 6.07) is 0.318. The minimum Gasteiger partial charge on any atom is -0.453 e. The van der Waals surface area contributed by atoms with E-state index in [0.29, 0.717) is 6.42 Å². The SMILES string of the molecule is CNC(=O)C(=O)C(C[C@@H]1C[C@@H](C)NC1=O)NC(=O)c1cc(Cl)c(F)cc1NC(=O)OC. The molecule has 31 heavy (non-hydrogen) atoms. The second kappa shape index (κ2) is 10.2. The van der Waals surface area contributed by atoms with E-state index in [1.165, 1.54) is 7.05 Å². The summed E-state index contributed by atoms with van der Waals surface area (Å²) in [6.07, 6.45) is -0.669. The first-order chi connectivity index (χ1) is 14.6. The fourth-order valence-electron chi connectivity index (χ4n) is 3.19. The number of ether oxygens (including phenoxy) is 1. The molecule has 0 radical (unpaired) electrons. The van der Waals surface area contributed by atoms with Gasteiger partial charge in [0.25, 0.3) is 11.8 Å². The Labute approximate surface area is 182 Å². The molecule has 1 aliphatic heterocycles. The summed E-state index contributed by atoms with van der Waals surface area (Å²) in [4.78, 5) is 60.9. The van der Waals surface area contributed by atoms with Crippen molar-refractivity contribution in [1.29, 1.82) is 0 Å². The Morgan fingerprint density at radius 2 is 2.00 bits per heavy atom. The number of ketones is 1. The lowest BCUT2D eigenvalue weighted by Gasteiger charge is -2.20. The summed E-state index contributed by atoms with van der Waals surface area (Å²) in [5.41, 5.74) is -0.527. The Kier molecular flexibility index (Phi) is 7.92. The Bertz CT molecular complexity index is 925. The van der Waals surface area contributed by atoms with Gasteiger partial charge in [-0.3, -0.25) is 24.5 Å². The van der Waals surface area contributed by atoms with Crippen LogP contribution in [0.25, 0.3) is 0 Å². The molecule has 4 N–H and O–H groups in total. The summed E-state index contributed by atoms with van der Waals surface area (Å²) in [5.74, 6) is -4.63. The standard InChI is InChI=1S/C19H22ClFN4O6/c1-8-4-9(16(27)23-8)5-14(15(26)18(29)22-2)24-17(28)10-6-11(20)12(21)7-13(10)25-19(30)31-3/h6-9,14H,4-5H2,1-3H3,(H,22,29)(H,23,27)(H,24,28)(H,25,30)/t8-,9+,14?/m1/s1. The highest BCUT2D eigenvalue weighted by Gasteiger charge is 2.36. The molecule has 1 unspecified atom stereocenters. The summed E-state index contributed by atoms with van der Waals surface area (Å²) >= 11 is 5.76. The molecule has 0 aliphatic carbocycles. The number of Topliss-reactive ketones (excluding diaryl/α,β-unsaturated/α-hetero) is 1. The van der Waals surface area contributed by atoms with Crippen LogP contribution in [0.15, 0.2) is 12.1 Å². The first-order valence-electron chi connectivity index (χ1n) is 9.28. The number of methoxy groups -OCH3 is 1. The molecule has 0 bridgehead atoms. The molecule has 4 amide bonds. The topological polar surface area (TPSA) is 143 Å². The fraction of sp³-hybridized carbons (Fsp3) is 0.421. The maximum absolute atomic E-state index is 13.9.